The zero-order valence-electron chi connectivity index (χ0n) is 43.8. The molecule has 0 aromatic carbocycles. The highest BCUT2D eigenvalue weighted by molar-refractivity contribution is 5.40. The van der Waals surface area contributed by atoms with Gasteiger partial charge in [0.05, 0.1) is 30.5 Å². The van der Waals surface area contributed by atoms with Gasteiger partial charge in [-0.2, -0.15) is 0 Å². The Hall–Kier alpha value is -3.34. The minimum Gasteiger partial charge on any atom is -0.370 e. The van der Waals surface area contributed by atoms with Crippen LogP contribution in [0.25, 0.3) is 0 Å². The molecule has 4 heteroatoms. The molecule has 0 bridgehead atoms. The van der Waals surface area contributed by atoms with E-state index in [1.165, 1.54) is 153 Å². The minimum absolute atomic E-state index is 0.318. The van der Waals surface area contributed by atoms with E-state index in [9.17, 15) is 0 Å². The number of fused-ring (bicyclic) bond motifs is 6. The molecule has 380 valence electrons. The van der Waals surface area contributed by atoms with Crippen molar-refractivity contribution in [2.24, 2.45) is 65.1 Å². The van der Waals surface area contributed by atoms with E-state index in [4.69, 9.17) is 9.47 Å². The van der Waals surface area contributed by atoms with Crippen molar-refractivity contribution in [2.75, 3.05) is 0 Å². The Morgan fingerprint density at radius 2 is 1.42 bits per heavy atom. The summed E-state index contributed by atoms with van der Waals surface area (Å²) in [5.41, 5.74) is 6.40. The average Bonchev–Trinajstić information content (AvgIpc) is 4.02. The van der Waals surface area contributed by atoms with E-state index in [0.717, 1.165) is 66.4 Å². The predicted octanol–water partition coefficient (Wildman–Crippen LogP) is 15.8. The lowest BCUT2D eigenvalue weighted by Crippen LogP contribution is -2.48. The Labute approximate surface area is 430 Å². The number of ether oxygens (including phenoxy) is 2. The summed E-state index contributed by atoms with van der Waals surface area (Å²) in [5, 5.41) is 0. The Morgan fingerprint density at radius 1 is 0.507 bits per heavy atom. The zero-order valence-corrected chi connectivity index (χ0v) is 43.8. The van der Waals surface area contributed by atoms with Crippen molar-refractivity contribution in [3.05, 3.63) is 132 Å². The molecule has 0 radical (unpaired) electrons. The lowest BCUT2D eigenvalue weighted by atomic mass is 9.65. The first kappa shape index (κ1) is 47.4. The van der Waals surface area contributed by atoms with Crippen LogP contribution in [0.4, 0.5) is 0 Å². The van der Waals surface area contributed by atoms with Gasteiger partial charge in [-0.05, 0) is 205 Å². The Bertz CT molecular complexity index is 2260. The normalized spacial score (nSPS) is 43.9. The highest BCUT2D eigenvalue weighted by atomic mass is 16.5. The van der Waals surface area contributed by atoms with Gasteiger partial charge < -0.3 is 19.3 Å². The fourth-order valence-electron chi connectivity index (χ4n) is 18.5. The highest BCUT2D eigenvalue weighted by Gasteiger charge is 2.50. The second-order valence-corrected chi connectivity index (χ2v) is 25.7. The van der Waals surface area contributed by atoms with Gasteiger partial charge in [0, 0.05) is 41.4 Å². The SMILES string of the molecule is CC1CC(N(C2=CCC(C3CCCC4C5C=CC=CC5OC34)CC2)C2CCCCC2)CCC1C1C=CCC(C2C=CC(N(C3C=CC=CC3)C3CC=C(C4=CCCC5C4OC4CCC=C[C@H]45)CC3)=CC2)C1. The molecule has 11 aliphatic carbocycles. The van der Waals surface area contributed by atoms with E-state index >= 15 is 0 Å². The Kier molecular flexibility index (Phi) is 14.1. The van der Waals surface area contributed by atoms with Gasteiger partial charge in [-0.25, -0.2) is 0 Å². The van der Waals surface area contributed by atoms with Crippen molar-refractivity contribution in [1.82, 2.24) is 9.80 Å². The van der Waals surface area contributed by atoms with E-state index in [2.05, 4.69) is 126 Å². The Balaban J connectivity index is 0.640. The molecular weight excluding hydrogens is 865 g/mol. The molecule has 71 heavy (non-hydrogen) atoms. The van der Waals surface area contributed by atoms with E-state index in [1.54, 1.807) is 16.8 Å². The van der Waals surface area contributed by atoms with E-state index in [-0.39, 0.29) is 0 Å². The molecule has 13 aliphatic rings. The zero-order chi connectivity index (χ0) is 47.3. The highest BCUT2D eigenvalue weighted by Crippen LogP contribution is 2.53. The number of hydrogen-bond acceptors (Lipinski definition) is 4. The van der Waals surface area contributed by atoms with Crippen LogP contribution in [0.5, 0.6) is 0 Å². The molecular formula is C67H90N2O2. The van der Waals surface area contributed by atoms with E-state index < -0.39 is 0 Å². The molecule has 3 saturated carbocycles. The first-order valence-corrected chi connectivity index (χ1v) is 30.5. The molecule has 0 amide bonds. The number of nitrogens with zero attached hydrogens (tertiary/aromatic N) is 2. The molecule has 0 N–H and O–H groups in total. The van der Waals surface area contributed by atoms with Gasteiger partial charge in [0.2, 0.25) is 0 Å². The topological polar surface area (TPSA) is 24.9 Å². The molecule has 0 aromatic heterocycles. The molecule has 13 rings (SSSR count). The summed E-state index contributed by atoms with van der Waals surface area (Å²) in [6, 6.07) is 2.47. The summed E-state index contributed by atoms with van der Waals surface area (Å²) >= 11 is 0. The lowest BCUT2D eigenvalue weighted by Gasteiger charge is -2.50. The van der Waals surface area contributed by atoms with Gasteiger partial charge >= 0.3 is 0 Å². The Morgan fingerprint density at radius 3 is 2.25 bits per heavy atom. The molecule has 2 heterocycles. The predicted molar refractivity (Wildman–Crippen MR) is 292 cm³/mol. The number of hydrogen-bond donors (Lipinski definition) is 0. The van der Waals surface area contributed by atoms with Crippen molar-refractivity contribution >= 4 is 0 Å². The van der Waals surface area contributed by atoms with Crippen molar-refractivity contribution in [3.8, 4) is 0 Å². The first-order chi connectivity index (χ1) is 35.1. The second kappa shape index (κ2) is 21.1. The summed E-state index contributed by atoms with van der Waals surface area (Å²) in [5.74, 6) is 7.94. The maximum absolute atomic E-state index is 6.91. The molecule has 0 aromatic rings. The van der Waals surface area contributed by atoms with Crippen LogP contribution < -0.4 is 0 Å². The van der Waals surface area contributed by atoms with Gasteiger partial charge in [0.15, 0.2) is 0 Å². The average molecular weight is 955 g/mol. The van der Waals surface area contributed by atoms with E-state index in [0.29, 0.717) is 60.2 Å². The third-order valence-corrected chi connectivity index (χ3v) is 22.0. The maximum Gasteiger partial charge on any atom is 0.0863 e. The summed E-state index contributed by atoms with van der Waals surface area (Å²) in [4.78, 5) is 5.96. The minimum atomic E-state index is 0.318. The van der Waals surface area contributed by atoms with Crippen molar-refractivity contribution < 1.29 is 9.47 Å². The number of allylic oxidation sites excluding steroid dienone is 13. The first-order valence-electron chi connectivity index (χ1n) is 30.5. The standard InChI is InChI=1S/C67H90N2O2/c1-45-43-56(69(52-19-6-3-7-20-52)55-39-33-48(34-40-55)59-24-14-26-63-61-22-9-11-28-65(61)71-67(59)63)41-42-57(45)50-16-12-15-49(44-50)46-29-35-53(36-30-46)68(51-17-4-2-5-18-51)54-37-31-47(32-38-54)58-23-13-25-62-60-21-8-10-27-64(60)70-66(58)62/h2,4-5,8-9,11-12,16-17,21-23,28-29,31,35-36,39,45-46,48-52,54,56-57,59-67H,3,6-7,10,13-15,18-20,24-27,30,32-34,37-38,40-44H2,1H3/t45?,46?,48?,49?,50?,51?,54?,56?,57?,59?,60-,61?,62?,63?,64?,65?,66?,67?/m0/s1. The molecule has 17 unspecified atom stereocenters. The molecule has 18 atom stereocenters. The van der Waals surface area contributed by atoms with Gasteiger partial charge in [0.25, 0.3) is 0 Å². The molecule has 2 aliphatic heterocycles. The molecule has 4 nitrogen and oxygen atoms in total. The fraction of sp³-hybridized carbons (Fsp3) is 0.672. The van der Waals surface area contributed by atoms with Crippen LogP contribution in [-0.2, 0) is 9.47 Å². The van der Waals surface area contributed by atoms with Crippen LogP contribution in [0.3, 0.4) is 0 Å². The third kappa shape index (κ3) is 9.46. The van der Waals surface area contributed by atoms with Gasteiger partial charge in [0.1, 0.15) is 0 Å². The van der Waals surface area contributed by atoms with Crippen LogP contribution in [0.15, 0.2) is 132 Å². The number of rotatable bonds is 10. The van der Waals surface area contributed by atoms with Crippen molar-refractivity contribution in [2.45, 2.75) is 216 Å². The smallest absolute Gasteiger partial charge is 0.0863 e. The van der Waals surface area contributed by atoms with Gasteiger partial charge in [-0.3, -0.25) is 0 Å². The molecule has 2 saturated heterocycles. The van der Waals surface area contributed by atoms with Crippen LogP contribution >= 0.6 is 0 Å². The maximum atomic E-state index is 6.91. The van der Waals surface area contributed by atoms with Crippen molar-refractivity contribution in [3.63, 3.8) is 0 Å². The summed E-state index contributed by atoms with van der Waals surface area (Å²) in [7, 11) is 0. The van der Waals surface area contributed by atoms with Crippen molar-refractivity contribution in [1.29, 1.82) is 0 Å². The van der Waals surface area contributed by atoms with Gasteiger partial charge in [-0.15, -0.1) is 0 Å². The summed E-state index contributed by atoms with van der Waals surface area (Å²) in [6.45, 7) is 2.67. The molecule has 0 spiro atoms. The third-order valence-electron chi connectivity index (χ3n) is 22.0. The van der Waals surface area contributed by atoms with Crippen LogP contribution in [0, 0.1) is 65.1 Å². The molecule has 5 fully saturated rings. The van der Waals surface area contributed by atoms with Gasteiger partial charge in [-0.1, -0.05) is 136 Å². The second-order valence-electron chi connectivity index (χ2n) is 25.7. The fourth-order valence-corrected chi connectivity index (χ4v) is 18.5. The quantitative estimate of drug-likeness (QED) is 0.204. The van der Waals surface area contributed by atoms with Crippen LogP contribution in [0.1, 0.15) is 167 Å². The largest absolute Gasteiger partial charge is 0.370 e. The van der Waals surface area contributed by atoms with E-state index in [1.807, 2.05) is 0 Å². The summed E-state index contributed by atoms with van der Waals surface area (Å²) < 4.78 is 13.8. The lowest BCUT2D eigenvalue weighted by molar-refractivity contribution is -0.0271. The van der Waals surface area contributed by atoms with Crippen LogP contribution in [-0.4, -0.2) is 58.4 Å². The van der Waals surface area contributed by atoms with Crippen LogP contribution in [0.2, 0.25) is 0 Å². The monoisotopic (exact) mass is 955 g/mol. The summed E-state index contributed by atoms with van der Waals surface area (Å²) in [6.07, 6.45) is 79.3.